The first kappa shape index (κ1) is 24.3. The molecule has 0 N–H and O–H groups in total. The number of aryl methyl sites for hydroxylation is 4. The fourth-order valence-corrected chi connectivity index (χ4v) is 5.16. The van der Waals surface area contributed by atoms with Crippen LogP contribution in [-0.2, 0) is 38.4 Å². The molecule has 35 heavy (non-hydrogen) atoms. The van der Waals surface area contributed by atoms with E-state index >= 15 is 0 Å². The van der Waals surface area contributed by atoms with Gasteiger partial charge in [0.2, 0.25) is 11.8 Å². The molecule has 0 bridgehead atoms. The second-order valence-corrected chi connectivity index (χ2v) is 9.35. The quantitative estimate of drug-likeness (QED) is 0.455. The Kier molecular flexibility index (Phi) is 6.32. The molecule has 2 aliphatic rings. The van der Waals surface area contributed by atoms with Crippen molar-refractivity contribution in [3.8, 4) is 0 Å². The van der Waals surface area contributed by atoms with Gasteiger partial charge in [-0.15, -0.1) is 0 Å². The molecule has 0 aromatic heterocycles. The van der Waals surface area contributed by atoms with Crippen molar-refractivity contribution in [1.82, 2.24) is 0 Å². The van der Waals surface area contributed by atoms with E-state index in [0.29, 0.717) is 41.8 Å². The van der Waals surface area contributed by atoms with Crippen LogP contribution in [0.3, 0.4) is 0 Å². The lowest BCUT2D eigenvalue weighted by Gasteiger charge is -2.23. The molecule has 6 heteroatoms. The van der Waals surface area contributed by atoms with E-state index in [1.807, 2.05) is 39.8 Å². The monoisotopic (exact) mass is 470 g/mol. The summed E-state index contributed by atoms with van der Waals surface area (Å²) in [5, 5.41) is 0. The Hall–Kier alpha value is -3.80. The Balaban J connectivity index is 1.71. The van der Waals surface area contributed by atoms with Crippen molar-refractivity contribution in [2.24, 2.45) is 0 Å². The van der Waals surface area contributed by atoms with E-state index in [1.165, 1.54) is 9.80 Å². The van der Waals surface area contributed by atoms with Gasteiger partial charge in [0.05, 0.1) is 24.2 Å². The maximum absolute atomic E-state index is 12.6. The summed E-state index contributed by atoms with van der Waals surface area (Å²) in [5.41, 5.74) is 7.71. The fraction of sp³-hybridized carbons (Fsp3) is 0.310. The number of rotatable bonds is 6. The smallest absolute Gasteiger partial charge is 0.260 e. The summed E-state index contributed by atoms with van der Waals surface area (Å²) in [6.07, 6.45) is 2.11. The number of benzene rings is 2. The SMILES string of the molecule is C=C1CC(=O)N(c2c(C)cc(Cc3cc(C)c(N4C(=O)CC(=C)C4=O)c(CC)c3)cc2CC)C1=O. The van der Waals surface area contributed by atoms with Crippen molar-refractivity contribution in [2.45, 2.75) is 59.8 Å². The molecule has 6 nitrogen and oxygen atoms in total. The van der Waals surface area contributed by atoms with Crippen molar-refractivity contribution < 1.29 is 19.2 Å². The molecular formula is C29H30N2O4. The molecule has 2 aromatic rings. The predicted octanol–water partition coefficient (Wildman–Crippen LogP) is 4.66. The summed E-state index contributed by atoms with van der Waals surface area (Å²) in [6, 6.07) is 8.14. The zero-order valence-electron chi connectivity index (χ0n) is 20.8. The predicted molar refractivity (Wildman–Crippen MR) is 136 cm³/mol. The molecule has 2 fully saturated rings. The molecule has 0 saturated carbocycles. The first-order chi connectivity index (χ1) is 16.6. The molecule has 2 aliphatic heterocycles. The minimum atomic E-state index is -0.326. The highest BCUT2D eigenvalue weighted by atomic mass is 16.2. The molecule has 2 saturated heterocycles. The summed E-state index contributed by atoms with van der Waals surface area (Å²) in [6.45, 7) is 15.3. The molecule has 0 atom stereocenters. The van der Waals surface area contributed by atoms with Crippen LogP contribution in [0.5, 0.6) is 0 Å². The second-order valence-electron chi connectivity index (χ2n) is 9.35. The van der Waals surface area contributed by atoms with Gasteiger partial charge in [-0.25, -0.2) is 9.80 Å². The molecular weight excluding hydrogens is 440 g/mol. The van der Waals surface area contributed by atoms with Crippen molar-refractivity contribution in [3.05, 3.63) is 82.0 Å². The minimum Gasteiger partial charge on any atom is -0.274 e. The van der Waals surface area contributed by atoms with Crippen LogP contribution < -0.4 is 9.80 Å². The highest BCUT2D eigenvalue weighted by Crippen LogP contribution is 2.36. The molecule has 0 aliphatic carbocycles. The van der Waals surface area contributed by atoms with Crippen molar-refractivity contribution >= 4 is 35.0 Å². The van der Waals surface area contributed by atoms with Gasteiger partial charge in [0.15, 0.2) is 0 Å². The Labute approximate surface area is 205 Å². The topological polar surface area (TPSA) is 74.8 Å². The Bertz CT molecular complexity index is 1230. The van der Waals surface area contributed by atoms with Gasteiger partial charge in [-0.05, 0) is 66.5 Å². The second kappa shape index (κ2) is 9.10. The van der Waals surface area contributed by atoms with Crippen molar-refractivity contribution in [3.63, 3.8) is 0 Å². The Morgan fingerprint density at radius 3 is 1.34 bits per heavy atom. The van der Waals surface area contributed by atoms with Crippen LogP contribution >= 0.6 is 0 Å². The van der Waals surface area contributed by atoms with Gasteiger partial charge >= 0.3 is 0 Å². The van der Waals surface area contributed by atoms with Crippen LogP contribution in [0.1, 0.15) is 60.1 Å². The first-order valence-electron chi connectivity index (χ1n) is 11.9. The van der Waals surface area contributed by atoms with Gasteiger partial charge in [0, 0.05) is 11.1 Å². The minimum absolute atomic E-state index is 0.0595. The number of anilines is 2. The van der Waals surface area contributed by atoms with E-state index < -0.39 is 0 Å². The average molecular weight is 471 g/mol. The summed E-state index contributed by atoms with van der Waals surface area (Å²) < 4.78 is 0. The standard InChI is InChI=1S/C29H30N2O4/c1-7-22-14-20(9-16(3)26(22)30-24(32)11-18(5)28(30)34)13-21-10-17(4)27(23(8-2)15-21)31-25(33)12-19(6)29(31)35/h9-10,14-15H,5-8,11-13H2,1-4H3. The number of hydrogen-bond donors (Lipinski definition) is 0. The lowest BCUT2D eigenvalue weighted by molar-refractivity contribution is -0.122. The Morgan fingerprint density at radius 1 is 0.686 bits per heavy atom. The molecule has 2 aromatic carbocycles. The molecule has 180 valence electrons. The van der Waals surface area contributed by atoms with Gasteiger partial charge in [-0.2, -0.15) is 0 Å². The first-order valence-corrected chi connectivity index (χ1v) is 11.9. The van der Waals surface area contributed by atoms with Crippen LogP contribution in [0, 0.1) is 13.8 Å². The number of amides is 4. The zero-order valence-corrected chi connectivity index (χ0v) is 20.8. The third-order valence-corrected chi connectivity index (χ3v) is 6.73. The van der Waals surface area contributed by atoms with Crippen LogP contribution in [0.4, 0.5) is 11.4 Å². The molecule has 0 unspecified atom stereocenters. The van der Waals surface area contributed by atoms with E-state index in [1.54, 1.807) is 0 Å². The Morgan fingerprint density at radius 2 is 1.06 bits per heavy atom. The molecule has 2 heterocycles. The maximum atomic E-state index is 12.6. The van der Waals surface area contributed by atoms with Crippen LogP contribution in [-0.4, -0.2) is 23.6 Å². The number of carbonyl (C=O) groups excluding carboxylic acids is 4. The normalized spacial score (nSPS) is 16.3. The van der Waals surface area contributed by atoms with E-state index in [-0.39, 0.29) is 36.5 Å². The van der Waals surface area contributed by atoms with Crippen LogP contribution in [0.15, 0.2) is 48.6 Å². The van der Waals surface area contributed by atoms with Gasteiger partial charge in [0.25, 0.3) is 11.8 Å². The fourth-order valence-electron chi connectivity index (χ4n) is 5.16. The molecule has 0 spiro atoms. The summed E-state index contributed by atoms with van der Waals surface area (Å²) in [7, 11) is 0. The maximum Gasteiger partial charge on any atom is 0.260 e. The van der Waals surface area contributed by atoms with Crippen molar-refractivity contribution in [2.75, 3.05) is 9.80 Å². The lowest BCUT2D eigenvalue weighted by atomic mass is 9.93. The van der Waals surface area contributed by atoms with Gasteiger partial charge in [-0.3, -0.25) is 19.2 Å². The molecule has 4 rings (SSSR count). The lowest BCUT2D eigenvalue weighted by Crippen LogP contribution is -2.31. The highest BCUT2D eigenvalue weighted by molar-refractivity contribution is 6.29. The number of carbonyl (C=O) groups is 4. The third kappa shape index (κ3) is 4.14. The number of nitrogens with zero attached hydrogens (tertiary/aromatic N) is 2. The van der Waals surface area contributed by atoms with Gasteiger partial charge < -0.3 is 0 Å². The third-order valence-electron chi connectivity index (χ3n) is 6.73. The summed E-state index contributed by atoms with van der Waals surface area (Å²) in [5.74, 6) is -1.13. The van der Waals surface area contributed by atoms with Gasteiger partial charge in [-0.1, -0.05) is 51.3 Å². The summed E-state index contributed by atoms with van der Waals surface area (Å²) in [4.78, 5) is 52.7. The van der Waals surface area contributed by atoms with Crippen LogP contribution in [0.25, 0.3) is 0 Å². The van der Waals surface area contributed by atoms with E-state index in [9.17, 15) is 19.2 Å². The van der Waals surface area contributed by atoms with E-state index in [0.717, 1.165) is 33.4 Å². The van der Waals surface area contributed by atoms with E-state index in [4.69, 9.17) is 0 Å². The van der Waals surface area contributed by atoms with Crippen LogP contribution in [0.2, 0.25) is 0 Å². The van der Waals surface area contributed by atoms with Gasteiger partial charge in [0.1, 0.15) is 0 Å². The summed E-state index contributed by atoms with van der Waals surface area (Å²) >= 11 is 0. The van der Waals surface area contributed by atoms with E-state index in [2.05, 4.69) is 25.3 Å². The largest absolute Gasteiger partial charge is 0.274 e. The number of imide groups is 2. The zero-order chi connectivity index (χ0) is 25.6. The highest BCUT2D eigenvalue weighted by Gasteiger charge is 2.37. The molecule has 4 amide bonds. The number of hydrogen-bond acceptors (Lipinski definition) is 4. The van der Waals surface area contributed by atoms with Crippen molar-refractivity contribution in [1.29, 1.82) is 0 Å². The average Bonchev–Trinajstić information content (AvgIpc) is 3.19. The molecule has 0 radical (unpaired) electrons.